The number of Topliss-reactive ketones (excluding diaryl/α,β-unsaturated/α-hetero) is 1. The average Bonchev–Trinajstić information content (AvgIpc) is 2.42. The standard InChI is InChI=1S/C18H18Cl2O/c1-18(2,3)15-7-5-4-6-14(15)17(21)11-12-10-13(19)8-9-16(12)20/h4-10H,11H2,1-3H3. The van der Waals surface area contributed by atoms with Crippen LogP contribution in [0.15, 0.2) is 42.5 Å². The van der Waals surface area contributed by atoms with Crippen LogP contribution < -0.4 is 0 Å². The molecule has 0 amide bonds. The van der Waals surface area contributed by atoms with E-state index in [0.717, 1.165) is 16.7 Å². The molecule has 0 saturated heterocycles. The maximum atomic E-state index is 12.6. The summed E-state index contributed by atoms with van der Waals surface area (Å²) in [7, 11) is 0. The van der Waals surface area contributed by atoms with E-state index in [1.54, 1.807) is 18.2 Å². The van der Waals surface area contributed by atoms with E-state index in [2.05, 4.69) is 20.8 Å². The number of carbonyl (C=O) groups is 1. The first kappa shape index (κ1) is 16.1. The second kappa shape index (κ2) is 6.21. The Morgan fingerprint density at radius 1 is 1.05 bits per heavy atom. The van der Waals surface area contributed by atoms with Crippen LogP contribution in [0.25, 0.3) is 0 Å². The van der Waals surface area contributed by atoms with Gasteiger partial charge in [0.1, 0.15) is 0 Å². The summed E-state index contributed by atoms with van der Waals surface area (Å²) in [4.78, 5) is 12.6. The Labute approximate surface area is 135 Å². The van der Waals surface area contributed by atoms with Gasteiger partial charge in [0.2, 0.25) is 0 Å². The van der Waals surface area contributed by atoms with Crippen molar-refractivity contribution in [3.63, 3.8) is 0 Å². The molecule has 0 spiro atoms. The largest absolute Gasteiger partial charge is 0.294 e. The van der Waals surface area contributed by atoms with Crippen molar-refractivity contribution >= 4 is 29.0 Å². The van der Waals surface area contributed by atoms with E-state index in [1.807, 2.05) is 24.3 Å². The van der Waals surface area contributed by atoms with E-state index >= 15 is 0 Å². The molecule has 0 radical (unpaired) electrons. The van der Waals surface area contributed by atoms with Gasteiger partial charge >= 0.3 is 0 Å². The lowest BCUT2D eigenvalue weighted by atomic mass is 9.82. The fourth-order valence-electron chi connectivity index (χ4n) is 2.33. The van der Waals surface area contributed by atoms with Gasteiger partial charge in [-0.15, -0.1) is 0 Å². The highest BCUT2D eigenvalue weighted by Gasteiger charge is 2.21. The molecule has 1 nitrogen and oxygen atoms in total. The predicted octanol–water partition coefficient (Wildman–Crippen LogP) is 5.72. The number of hydrogen-bond acceptors (Lipinski definition) is 1. The molecule has 3 heteroatoms. The fourth-order valence-corrected chi connectivity index (χ4v) is 2.71. The molecule has 2 rings (SSSR count). The topological polar surface area (TPSA) is 17.1 Å². The van der Waals surface area contributed by atoms with Crippen molar-refractivity contribution in [3.05, 3.63) is 69.2 Å². The van der Waals surface area contributed by atoms with E-state index in [1.165, 1.54) is 0 Å². The Hall–Kier alpha value is -1.31. The van der Waals surface area contributed by atoms with Gasteiger partial charge in [0, 0.05) is 22.0 Å². The summed E-state index contributed by atoms with van der Waals surface area (Å²) in [6.45, 7) is 6.31. The second-order valence-corrected chi connectivity index (χ2v) is 6.97. The van der Waals surface area contributed by atoms with Gasteiger partial charge in [0.15, 0.2) is 5.78 Å². The van der Waals surface area contributed by atoms with Gasteiger partial charge in [-0.2, -0.15) is 0 Å². The van der Waals surface area contributed by atoms with Gasteiger partial charge in [-0.1, -0.05) is 68.2 Å². The van der Waals surface area contributed by atoms with E-state index in [9.17, 15) is 4.79 Å². The number of carbonyl (C=O) groups excluding carboxylic acids is 1. The summed E-state index contributed by atoms with van der Waals surface area (Å²) in [5.74, 6) is 0.0599. The molecule has 110 valence electrons. The van der Waals surface area contributed by atoms with Crippen LogP contribution in [0, 0.1) is 0 Å². The highest BCUT2D eigenvalue weighted by atomic mass is 35.5. The lowest BCUT2D eigenvalue weighted by Gasteiger charge is -2.22. The van der Waals surface area contributed by atoms with Crippen molar-refractivity contribution in [2.45, 2.75) is 32.6 Å². The first-order valence-electron chi connectivity index (χ1n) is 6.85. The quantitative estimate of drug-likeness (QED) is 0.661. The zero-order valence-corrected chi connectivity index (χ0v) is 13.9. The summed E-state index contributed by atoms with van der Waals surface area (Å²) in [5, 5.41) is 1.16. The molecule has 21 heavy (non-hydrogen) atoms. The minimum Gasteiger partial charge on any atom is -0.294 e. The Kier molecular flexibility index (Phi) is 4.75. The molecule has 0 aliphatic carbocycles. The minimum atomic E-state index is -0.0790. The average molecular weight is 321 g/mol. The summed E-state index contributed by atoms with van der Waals surface area (Å²) in [6, 6.07) is 12.9. The molecule has 0 fully saturated rings. The lowest BCUT2D eigenvalue weighted by molar-refractivity contribution is 0.0991. The summed E-state index contributed by atoms with van der Waals surface area (Å²) in [6.07, 6.45) is 0.256. The zero-order chi connectivity index (χ0) is 15.6. The lowest BCUT2D eigenvalue weighted by Crippen LogP contribution is -2.17. The summed E-state index contributed by atoms with van der Waals surface area (Å²) >= 11 is 12.1. The van der Waals surface area contributed by atoms with Crippen LogP contribution in [0.2, 0.25) is 10.0 Å². The van der Waals surface area contributed by atoms with Crippen molar-refractivity contribution in [2.75, 3.05) is 0 Å². The van der Waals surface area contributed by atoms with E-state index in [-0.39, 0.29) is 17.6 Å². The van der Waals surface area contributed by atoms with Gasteiger partial charge < -0.3 is 0 Å². The monoisotopic (exact) mass is 320 g/mol. The van der Waals surface area contributed by atoms with Crippen molar-refractivity contribution in [1.82, 2.24) is 0 Å². The third-order valence-electron chi connectivity index (χ3n) is 3.39. The molecule has 2 aromatic carbocycles. The minimum absolute atomic E-state index is 0.0599. The molecule has 2 aromatic rings. The zero-order valence-electron chi connectivity index (χ0n) is 12.4. The summed E-state index contributed by atoms with van der Waals surface area (Å²) < 4.78 is 0. The van der Waals surface area contributed by atoms with E-state index < -0.39 is 0 Å². The molecule has 0 atom stereocenters. The number of hydrogen-bond donors (Lipinski definition) is 0. The molecule has 0 aromatic heterocycles. The third-order valence-corrected chi connectivity index (χ3v) is 4.00. The van der Waals surface area contributed by atoms with Crippen molar-refractivity contribution < 1.29 is 4.79 Å². The highest BCUT2D eigenvalue weighted by Crippen LogP contribution is 2.28. The van der Waals surface area contributed by atoms with Crippen molar-refractivity contribution in [2.24, 2.45) is 0 Å². The molecule has 0 heterocycles. The molecule has 0 saturated carbocycles. The van der Waals surface area contributed by atoms with Crippen LogP contribution in [0.5, 0.6) is 0 Å². The molecule has 0 unspecified atom stereocenters. The summed E-state index contributed by atoms with van der Waals surface area (Å²) in [5.41, 5.74) is 2.48. The molecule has 0 bridgehead atoms. The van der Waals surface area contributed by atoms with Gasteiger partial charge in [0.05, 0.1) is 0 Å². The SMILES string of the molecule is CC(C)(C)c1ccccc1C(=O)Cc1cc(Cl)ccc1Cl. The molecular weight excluding hydrogens is 303 g/mol. The molecule has 0 N–H and O–H groups in total. The predicted molar refractivity (Wildman–Crippen MR) is 89.6 cm³/mol. The number of ketones is 1. The Morgan fingerprint density at radius 3 is 2.38 bits per heavy atom. The van der Waals surface area contributed by atoms with Crippen LogP contribution in [0.3, 0.4) is 0 Å². The number of rotatable bonds is 3. The van der Waals surface area contributed by atoms with Crippen LogP contribution in [-0.2, 0) is 11.8 Å². The molecule has 0 aliphatic rings. The van der Waals surface area contributed by atoms with Crippen molar-refractivity contribution in [1.29, 1.82) is 0 Å². The van der Waals surface area contributed by atoms with E-state index in [0.29, 0.717) is 10.0 Å². The van der Waals surface area contributed by atoms with Crippen LogP contribution in [0.1, 0.15) is 42.3 Å². The normalized spacial score (nSPS) is 11.5. The Morgan fingerprint density at radius 2 is 1.71 bits per heavy atom. The molecule has 0 aliphatic heterocycles. The van der Waals surface area contributed by atoms with Crippen molar-refractivity contribution in [3.8, 4) is 0 Å². The first-order valence-corrected chi connectivity index (χ1v) is 7.61. The number of benzene rings is 2. The highest BCUT2D eigenvalue weighted by molar-refractivity contribution is 6.33. The number of halogens is 2. The first-order chi connectivity index (χ1) is 9.79. The fraction of sp³-hybridized carbons (Fsp3) is 0.278. The Bertz CT molecular complexity index is 669. The maximum absolute atomic E-state index is 12.6. The van der Waals surface area contributed by atoms with Crippen LogP contribution in [-0.4, -0.2) is 5.78 Å². The van der Waals surface area contributed by atoms with Gasteiger partial charge in [0.25, 0.3) is 0 Å². The Balaban J connectivity index is 2.36. The van der Waals surface area contributed by atoms with Gasteiger partial charge in [-0.25, -0.2) is 0 Å². The third kappa shape index (κ3) is 3.87. The second-order valence-electron chi connectivity index (χ2n) is 6.13. The van der Waals surface area contributed by atoms with Gasteiger partial charge in [-0.05, 0) is 34.7 Å². The van der Waals surface area contributed by atoms with Crippen LogP contribution >= 0.6 is 23.2 Å². The van der Waals surface area contributed by atoms with Gasteiger partial charge in [-0.3, -0.25) is 4.79 Å². The smallest absolute Gasteiger partial charge is 0.167 e. The van der Waals surface area contributed by atoms with Crippen LogP contribution in [0.4, 0.5) is 0 Å². The maximum Gasteiger partial charge on any atom is 0.167 e. The van der Waals surface area contributed by atoms with E-state index in [4.69, 9.17) is 23.2 Å². The molecular formula is C18H18Cl2O.